The van der Waals surface area contributed by atoms with Crippen molar-refractivity contribution in [2.75, 3.05) is 33.4 Å². The average molecular weight is 199 g/mol. The van der Waals surface area contributed by atoms with Gasteiger partial charge in [0.25, 0.3) is 0 Å². The van der Waals surface area contributed by atoms with Crippen LogP contribution in [0.15, 0.2) is 0 Å². The highest BCUT2D eigenvalue weighted by molar-refractivity contribution is 5.81. The van der Waals surface area contributed by atoms with Crippen molar-refractivity contribution in [3.63, 3.8) is 0 Å². The number of carbonyl (C=O) groups excluding carboxylic acids is 1. The van der Waals surface area contributed by atoms with Gasteiger partial charge in [0, 0.05) is 13.7 Å². The van der Waals surface area contributed by atoms with Gasteiger partial charge in [0.05, 0.1) is 6.54 Å². The third-order valence-corrected chi connectivity index (χ3v) is 2.68. The van der Waals surface area contributed by atoms with Crippen molar-refractivity contribution < 1.29 is 9.53 Å². The molecule has 0 amide bonds. The maximum absolute atomic E-state index is 11.4. The maximum Gasteiger partial charge on any atom is 0.172 e. The Morgan fingerprint density at radius 2 is 2.21 bits per heavy atom. The molecule has 0 aromatic heterocycles. The predicted molar refractivity (Wildman–Crippen MR) is 56.3 cm³/mol. The van der Waals surface area contributed by atoms with Crippen molar-refractivity contribution in [1.82, 2.24) is 4.90 Å². The van der Waals surface area contributed by atoms with E-state index in [0.717, 1.165) is 13.1 Å². The molecule has 1 heterocycles. The smallest absolute Gasteiger partial charge is 0.172 e. The van der Waals surface area contributed by atoms with Gasteiger partial charge in [0.15, 0.2) is 5.78 Å². The van der Waals surface area contributed by atoms with E-state index in [1.165, 1.54) is 12.8 Å². The summed E-state index contributed by atoms with van der Waals surface area (Å²) in [6, 6.07) is 0. The zero-order valence-electron chi connectivity index (χ0n) is 9.51. The van der Waals surface area contributed by atoms with E-state index in [2.05, 4.69) is 18.7 Å². The molecule has 82 valence electrons. The fourth-order valence-corrected chi connectivity index (χ4v) is 2.14. The van der Waals surface area contributed by atoms with E-state index in [4.69, 9.17) is 4.74 Å². The third-order valence-electron chi connectivity index (χ3n) is 2.68. The molecule has 0 aromatic carbocycles. The van der Waals surface area contributed by atoms with Crippen molar-refractivity contribution in [2.45, 2.75) is 26.7 Å². The molecule has 0 spiro atoms. The van der Waals surface area contributed by atoms with E-state index in [0.29, 0.717) is 12.0 Å². The van der Waals surface area contributed by atoms with Crippen LogP contribution in [0.5, 0.6) is 0 Å². The Labute approximate surface area is 86.4 Å². The Morgan fingerprint density at radius 1 is 1.50 bits per heavy atom. The summed E-state index contributed by atoms with van der Waals surface area (Å²) >= 11 is 0. The number of hydrogen-bond donors (Lipinski definition) is 0. The Kier molecular flexibility index (Phi) is 4.08. The van der Waals surface area contributed by atoms with Crippen LogP contribution in [0.25, 0.3) is 0 Å². The standard InChI is InChI=1S/C11H21NO2/c1-11(2)5-4-6-12(9-11)7-10(13)8-14-3/h4-9H2,1-3H3. The van der Waals surface area contributed by atoms with Gasteiger partial charge in [-0.3, -0.25) is 9.69 Å². The fourth-order valence-electron chi connectivity index (χ4n) is 2.14. The summed E-state index contributed by atoms with van der Waals surface area (Å²) in [7, 11) is 1.57. The molecule has 0 aromatic rings. The molecule has 1 aliphatic heterocycles. The minimum absolute atomic E-state index is 0.185. The first-order valence-corrected chi connectivity index (χ1v) is 5.26. The lowest BCUT2D eigenvalue weighted by Gasteiger charge is -2.37. The van der Waals surface area contributed by atoms with Crippen LogP contribution in [-0.2, 0) is 9.53 Å². The fraction of sp³-hybridized carbons (Fsp3) is 0.909. The van der Waals surface area contributed by atoms with Gasteiger partial charge in [-0.15, -0.1) is 0 Å². The number of ketones is 1. The number of piperidine rings is 1. The molecule has 0 unspecified atom stereocenters. The van der Waals surface area contributed by atoms with Gasteiger partial charge in [-0.25, -0.2) is 0 Å². The monoisotopic (exact) mass is 199 g/mol. The van der Waals surface area contributed by atoms with E-state index in [9.17, 15) is 4.79 Å². The highest BCUT2D eigenvalue weighted by Gasteiger charge is 2.26. The SMILES string of the molecule is COCC(=O)CN1CCCC(C)(C)C1. The van der Waals surface area contributed by atoms with Crippen LogP contribution in [0.2, 0.25) is 0 Å². The second-order valence-electron chi connectivity index (χ2n) is 4.95. The molecule has 1 rings (SSSR count). The van der Waals surface area contributed by atoms with Crippen LogP contribution in [0, 0.1) is 5.41 Å². The summed E-state index contributed by atoms with van der Waals surface area (Å²) in [6.07, 6.45) is 2.47. The van der Waals surface area contributed by atoms with E-state index < -0.39 is 0 Å². The quantitative estimate of drug-likeness (QED) is 0.684. The lowest BCUT2D eigenvalue weighted by Crippen LogP contribution is -2.43. The molecule has 14 heavy (non-hydrogen) atoms. The summed E-state index contributed by atoms with van der Waals surface area (Å²) in [4.78, 5) is 13.6. The van der Waals surface area contributed by atoms with Gasteiger partial charge in [0.2, 0.25) is 0 Å². The Balaban J connectivity index is 2.34. The molecule has 0 radical (unpaired) electrons. The predicted octanol–water partition coefficient (Wildman–Crippen LogP) is 1.32. The molecule has 0 N–H and O–H groups in total. The van der Waals surface area contributed by atoms with Gasteiger partial charge in [-0.2, -0.15) is 0 Å². The second-order valence-corrected chi connectivity index (χ2v) is 4.95. The summed E-state index contributed by atoms with van der Waals surface area (Å²) < 4.78 is 4.82. The Morgan fingerprint density at radius 3 is 2.79 bits per heavy atom. The van der Waals surface area contributed by atoms with Crippen LogP contribution in [0.3, 0.4) is 0 Å². The lowest BCUT2D eigenvalue weighted by atomic mass is 9.84. The van der Waals surface area contributed by atoms with Crippen molar-refractivity contribution >= 4 is 5.78 Å². The molecule has 0 aliphatic carbocycles. The number of hydrogen-bond acceptors (Lipinski definition) is 3. The number of Topliss-reactive ketones (excluding diaryl/α,β-unsaturated/α-hetero) is 1. The topological polar surface area (TPSA) is 29.5 Å². The number of carbonyl (C=O) groups is 1. The first-order valence-electron chi connectivity index (χ1n) is 5.26. The van der Waals surface area contributed by atoms with Crippen LogP contribution in [0.4, 0.5) is 0 Å². The number of likely N-dealkylation sites (tertiary alicyclic amines) is 1. The van der Waals surface area contributed by atoms with Crippen LogP contribution < -0.4 is 0 Å². The van der Waals surface area contributed by atoms with Crippen molar-refractivity contribution in [3.05, 3.63) is 0 Å². The number of ether oxygens (including phenoxy) is 1. The van der Waals surface area contributed by atoms with Gasteiger partial charge < -0.3 is 4.74 Å². The summed E-state index contributed by atoms with van der Waals surface area (Å²) in [6.45, 7) is 7.41. The van der Waals surface area contributed by atoms with Crippen molar-refractivity contribution in [2.24, 2.45) is 5.41 Å². The highest BCUT2D eigenvalue weighted by atomic mass is 16.5. The highest BCUT2D eigenvalue weighted by Crippen LogP contribution is 2.27. The molecule has 0 saturated carbocycles. The zero-order valence-corrected chi connectivity index (χ0v) is 9.51. The minimum Gasteiger partial charge on any atom is -0.377 e. The van der Waals surface area contributed by atoms with E-state index in [-0.39, 0.29) is 12.4 Å². The summed E-state index contributed by atoms with van der Waals surface area (Å²) in [5.41, 5.74) is 0.367. The van der Waals surface area contributed by atoms with Gasteiger partial charge in [0.1, 0.15) is 6.61 Å². The second kappa shape index (κ2) is 4.89. The molecule has 0 bridgehead atoms. The largest absolute Gasteiger partial charge is 0.377 e. The van der Waals surface area contributed by atoms with Crippen LogP contribution >= 0.6 is 0 Å². The van der Waals surface area contributed by atoms with Gasteiger partial charge >= 0.3 is 0 Å². The maximum atomic E-state index is 11.4. The third kappa shape index (κ3) is 3.76. The zero-order chi connectivity index (χ0) is 10.6. The summed E-state index contributed by atoms with van der Waals surface area (Å²) in [5.74, 6) is 0.185. The lowest BCUT2D eigenvalue weighted by molar-refractivity contribution is -0.124. The molecule has 1 fully saturated rings. The summed E-state index contributed by atoms with van der Waals surface area (Å²) in [5, 5.41) is 0. The average Bonchev–Trinajstić information content (AvgIpc) is 2.02. The number of methoxy groups -OCH3 is 1. The number of rotatable bonds is 4. The van der Waals surface area contributed by atoms with E-state index in [1.54, 1.807) is 7.11 Å². The van der Waals surface area contributed by atoms with Crippen LogP contribution in [-0.4, -0.2) is 44.0 Å². The minimum atomic E-state index is 0.185. The van der Waals surface area contributed by atoms with Crippen LogP contribution in [0.1, 0.15) is 26.7 Å². The Bertz CT molecular complexity index is 201. The molecular formula is C11H21NO2. The van der Waals surface area contributed by atoms with Gasteiger partial charge in [-0.1, -0.05) is 13.8 Å². The normalized spacial score (nSPS) is 22.2. The molecule has 3 nitrogen and oxygen atoms in total. The molecular weight excluding hydrogens is 178 g/mol. The molecule has 1 saturated heterocycles. The van der Waals surface area contributed by atoms with E-state index in [1.807, 2.05) is 0 Å². The Hall–Kier alpha value is -0.410. The molecule has 1 aliphatic rings. The van der Waals surface area contributed by atoms with E-state index >= 15 is 0 Å². The molecule has 0 atom stereocenters. The first kappa shape index (κ1) is 11.7. The van der Waals surface area contributed by atoms with Gasteiger partial charge in [-0.05, 0) is 24.8 Å². The van der Waals surface area contributed by atoms with Crippen molar-refractivity contribution in [1.29, 1.82) is 0 Å². The number of nitrogens with zero attached hydrogens (tertiary/aromatic N) is 1. The first-order chi connectivity index (χ1) is 6.53. The molecule has 3 heteroatoms. The van der Waals surface area contributed by atoms with Crippen molar-refractivity contribution in [3.8, 4) is 0 Å².